The summed E-state index contributed by atoms with van der Waals surface area (Å²) in [6.07, 6.45) is 6.61. The average Bonchev–Trinajstić information content (AvgIpc) is 2.17. The molecule has 1 atom stereocenters. The van der Waals surface area contributed by atoms with E-state index in [4.69, 9.17) is 0 Å². The number of rotatable bonds is 2. The summed E-state index contributed by atoms with van der Waals surface area (Å²) in [4.78, 5) is 0. The quantitative estimate of drug-likeness (QED) is 0.618. The molecule has 1 heterocycles. The van der Waals surface area contributed by atoms with E-state index in [1.165, 1.54) is 38.8 Å². The Morgan fingerprint density at radius 3 is 3.00 bits per heavy atom. The standard InChI is InChI=1S/C9H18N/c1-2-4-9-5-3-7-10-8-6-9/h9-10H,1-8H2. The largest absolute Gasteiger partial charge is 0.317 e. The molecule has 0 aromatic heterocycles. The zero-order valence-electron chi connectivity index (χ0n) is 6.73. The molecule has 0 saturated carbocycles. The first kappa shape index (κ1) is 8.06. The van der Waals surface area contributed by atoms with Crippen LogP contribution in [0.1, 0.15) is 32.1 Å². The van der Waals surface area contributed by atoms with Gasteiger partial charge in [-0.2, -0.15) is 0 Å². The van der Waals surface area contributed by atoms with E-state index >= 15 is 0 Å². The molecule has 1 aliphatic rings. The third-order valence-corrected chi connectivity index (χ3v) is 2.31. The summed E-state index contributed by atoms with van der Waals surface area (Å²) in [5, 5.41) is 3.42. The van der Waals surface area contributed by atoms with Gasteiger partial charge in [-0.15, -0.1) is 0 Å². The van der Waals surface area contributed by atoms with Gasteiger partial charge in [0.2, 0.25) is 0 Å². The van der Waals surface area contributed by atoms with E-state index in [1.54, 1.807) is 0 Å². The molecule has 1 saturated heterocycles. The summed E-state index contributed by atoms with van der Waals surface area (Å²) in [5.41, 5.74) is 0. The van der Waals surface area contributed by atoms with Crippen LogP contribution in [0.5, 0.6) is 0 Å². The van der Waals surface area contributed by atoms with Crippen molar-refractivity contribution in [2.24, 2.45) is 5.92 Å². The molecule has 10 heavy (non-hydrogen) atoms. The smallest absolute Gasteiger partial charge is 0.00463 e. The molecule has 0 spiro atoms. The maximum absolute atomic E-state index is 3.89. The molecule has 0 aliphatic carbocycles. The van der Waals surface area contributed by atoms with E-state index in [1.807, 2.05) is 0 Å². The van der Waals surface area contributed by atoms with Gasteiger partial charge in [0.1, 0.15) is 0 Å². The molecule has 0 amide bonds. The summed E-state index contributed by atoms with van der Waals surface area (Å²) < 4.78 is 0. The molecule has 1 heteroatoms. The molecule has 1 rings (SSSR count). The van der Waals surface area contributed by atoms with Crippen LogP contribution in [0.3, 0.4) is 0 Å². The van der Waals surface area contributed by atoms with Gasteiger partial charge in [0.15, 0.2) is 0 Å². The van der Waals surface area contributed by atoms with Crippen LogP contribution in [0.2, 0.25) is 0 Å². The molecular formula is C9H18N. The highest BCUT2D eigenvalue weighted by Crippen LogP contribution is 2.18. The van der Waals surface area contributed by atoms with Crippen LogP contribution in [0.4, 0.5) is 0 Å². The molecule has 0 aromatic rings. The second-order valence-corrected chi connectivity index (χ2v) is 3.19. The highest BCUT2D eigenvalue weighted by atomic mass is 14.8. The minimum Gasteiger partial charge on any atom is -0.317 e. The van der Waals surface area contributed by atoms with Gasteiger partial charge in [-0.25, -0.2) is 0 Å². The van der Waals surface area contributed by atoms with Gasteiger partial charge in [0, 0.05) is 0 Å². The zero-order chi connectivity index (χ0) is 7.23. The first-order valence-corrected chi connectivity index (χ1v) is 4.43. The highest BCUT2D eigenvalue weighted by molar-refractivity contribution is 4.66. The first-order valence-electron chi connectivity index (χ1n) is 4.43. The van der Waals surface area contributed by atoms with Crippen molar-refractivity contribution in [1.82, 2.24) is 5.32 Å². The molecule has 1 fully saturated rings. The van der Waals surface area contributed by atoms with Crippen LogP contribution in [0, 0.1) is 12.8 Å². The normalized spacial score (nSPS) is 27.9. The number of hydrogen-bond acceptors (Lipinski definition) is 1. The van der Waals surface area contributed by atoms with Crippen molar-refractivity contribution < 1.29 is 0 Å². The maximum atomic E-state index is 3.89. The molecule has 1 nitrogen and oxygen atoms in total. The van der Waals surface area contributed by atoms with Gasteiger partial charge in [-0.05, 0) is 38.3 Å². The van der Waals surface area contributed by atoms with Crippen molar-refractivity contribution in [2.75, 3.05) is 13.1 Å². The first-order chi connectivity index (χ1) is 4.93. The Labute approximate surface area is 64.2 Å². The molecule has 1 aliphatic heterocycles. The van der Waals surface area contributed by atoms with E-state index in [0.717, 1.165) is 12.3 Å². The summed E-state index contributed by atoms with van der Waals surface area (Å²) in [6, 6.07) is 0. The third-order valence-electron chi connectivity index (χ3n) is 2.31. The molecule has 1 N–H and O–H groups in total. The summed E-state index contributed by atoms with van der Waals surface area (Å²) >= 11 is 0. The average molecular weight is 140 g/mol. The van der Waals surface area contributed by atoms with Crippen molar-refractivity contribution in [3.8, 4) is 0 Å². The van der Waals surface area contributed by atoms with Gasteiger partial charge in [-0.1, -0.05) is 19.8 Å². The molecular weight excluding hydrogens is 122 g/mol. The summed E-state index contributed by atoms with van der Waals surface area (Å²) in [5.74, 6) is 0.965. The monoisotopic (exact) mass is 140 g/mol. The van der Waals surface area contributed by atoms with E-state index in [0.29, 0.717) is 0 Å². The van der Waals surface area contributed by atoms with Gasteiger partial charge >= 0.3 is 0 Å². The fraction of sp³-hybridized carbons (Fsp3) is 0.889. The molecule has 0 aromatic carbocycles. The van der Waals surface area contributed by atoms with E-state index < -0.39 is 0 Å². The van der Waals surface area contributed by atoms with Crippen molar-refractivity contribution >= 4 is 0 Å². The minimum atomic E-state index is 0.965. The highest BCUT2D eigenvalue weighted by Gasteiger charge is 2.09. The molecule has 0 bridgehead atoms. The molecule has 59 valence electrons. The fourth-order valence-corrected chi connectivity index (χ4v) is 1.67. The van der Waals surface area contributed by atoms with Crippen LogP contribution < -0.4 is 5.32 Å². The van der Waals surface area contributed by atoms with Crippen LogP contribution in [0.15, 0.2) is 0 Å². The van der Waals surface area contributed by atoms with Crippen LogP contribution >= 0.6 is 0 Å². The van der Waals surface area contributed by atoms with Crippen molar-refractivity contribution in [2.45, 2.75) is 32.1 Å². The minimum absolute atomic E-state index is 0.965. The molecule has 1 unspecified atom stereocenters. The Bertz CT molecular complexity index is 72.8. The van der Waals surface area contributed by atoms with Crippen LogP contribution in [-0.4, -0.2) is 13.1 Å². The summed E-state index contributed by atoms with van der Waals surface area (Å²) in [6.45, 7) is 6.35. The van der Waals surface area contributed by atoms with E-state index in [-0.39, 0.29) is 0 Å². The van der Waals surface area contributed by atoms with Gasteiger partial charge in [0.25, 0.3) is 0 Å². The molecule has 1 radical (unpaired) electrons. The van der Waals surface area contributed by atoms with Crippen LogP contribution in [-0.2, 0) is 0 Å². The lowest BCUT2D eigenvalue weighted by molar-refractivity contribution is 0.442. The Balaban J connectivity index is 2.15. The Morgan fingerprint density at radius 1 is 1.30 bits per heavy atom. The van der Waals surface area contributed by atoms with Crippen molar-refractivity contribution in [3.05, 3.63) is 6.92 Å². The zero-order valence-corrected chi connectivity index (χ0v) is 6.73. The van der Waals surface area contributed by atoms with Gasteiger partial charge < -0.3 is 5.32 Å². The lowest BCUT2D eigenvalue weighted by Crippen LogP contribution is -2.13. The fourth-order valence-electron chi connectivity index (χ4n) is 1.67. The van der Waals surface area contributed by atoms with E-state index in [2.05, 4.69) is 12.2 Å². The second kappa shape index (κ2) is 4.73. The predicted octanol–water partition coefficient (Wildman–Crippen LogP) is 1.99. The number of nitrogens with one attached hydrogen (secondary N) is 1. The van der Waals surface area contributed by atoms with Gasteiger partial charge in [-0.3, -0.25) is 0 Å². The number of hydrogen-bond donors (Lipinski definition) is 1. The third kappa shape index (κ3) is 2.70. The Hall–Kier alpha value is -0.0400. The SMILES string of the molecule is [CH2]CCC1CCCNCC1. The maximum Gasteiger partial charge on any atom is -0.00463 e. The Morgan fingerprint density at radius 2 is 2.20 bits per heavy atom. The second-order valence-electron chi connectivity index (χ2n) is 3.19. The van der Waals surface area contributed by atoms with E-state index in [9.17, 15) is 0 Å². The lowest BCUT2D eigenvalue weighted by atomic mass is 9.96. The van der Waals surface area contributed by atoms with Gasteiger partial charge in [0.05, 0.1) is 0 Å². The topological polar surface area (TPSA) is 12.0 Å². The van der Waals surface area contributed by atoms with Crippen LogP contribution in [0.25, 0.3) is 0 Å². The lowest BCUT2D eigenvalue weighted by Gasteiger charge is -2.10. The predicted molar refractivity (Wildman–Crippen MR) is 44.8 cm³/mol. The van der Waals surface area contributed by atoms with Crippen molar-refractivity contribution in [3.63, 3.8) is 0 Å². The Kier molecular flexibility index (Phi) is 3.81. The summed E-state index contributed by atoms with van der Waals surface area (Å²) in [7, 11) is 0. The van der Waals surface area contributed by atoms with Crippen molar-refractivity contribution in [1.29, 1.82) is 0 Å².